The number of halogens is 1. The molecule has 0 spiro atoms. The minimum Gasteiger partial charge on any atom is -0.507 e. The standard InChI is InChI=1S/C18H15ClN2O2/c1-2-12-3-6-16(7-4-12)21-18(23)14(11-20)9-13-10-15(19)5-8-17(13)22/h3-10,22H,2H2,1H3,(H,21,23)/b14-9+. The molecular formula is C18H15ClN2O2. The van der Waals surface area contributed by atoms with Gasteiger partial charge in [0.15, 0.2) is 0 Å². The molecule has 0 saturated carbocycles. The lowest BCUT2D eigenvalue weighted by Crippen LogP contribution is -2.13. The smallest absolute Gasteiger partial charge is 0.266 e. The summed E-state index contributed by atoms with van der Waals surface area (Å²) in [6, 6.07) is 13.6. The molecule has 116 valence electrons. The highest BCUT2D eigenvalue weighted by Crippen LogP contribution is 2.24. The fourth-order valence-corrected chi connectivity index (χ4v) is 2.15. The van der Waals surface area contributed by atoms with Gasteiger partial charge in [-0.2, -0.15) is 5.26 Å². The molecule has 2 rings (SSSR count). The molecule has 0 atom stereocenters. The van der Waals surface area contributed by atoms with E-state index in [1.807, 2.05) is 25.1 Å². The van der Waals surface area contributed by atoms with Crippen LogP contribution in [0.2, 0.25) is 5.02 Å². The van der Waals surface area contributed by atoms with Gasteiger partial charge in [-0.25, -0.2) is 0 Å². The Morgan fingerprint density at radius 2 is 2.00 bits per heavy atom. The van der Waals surface area contributed by atoms with E-state index in [0.29, 0.717) is 16.3 Å². The largest absolute Gasteiger partial charge is 0.507 e. The molecule has 0 aromatic heterocycles. The number of phenolic OH excluding ortho intramolecular Hbond substituents is 1. The molecule has 0 aliphatic heterocycles. The molecule has 0 unspecified atom stereocenters. The predicted molar refractivity (Wildman–Crippen MR) is 91.2 cm³/mol. The van der Waals surface area contributed by atoms with E-state index in [4.69, 9.17) is 11.6 Å². The fourth-order valence-electron chi connectivity index (χ4n) is 1.97. The zero-order chi connectivity index (χ0) is 16.8. The van der Waals surface area contributed by atoms with Crippen molar-refractivity contribution >= 4 is 29.3 Å². The molecule has 0 radical (unpaired) electrons. The highest BCUT2D eigenvalue weighted by Gasteiger charge is 2.11. The van der Waals surface area contributed by atoms with Gasteiger partial charge in [0.05, 0.1) is 0 Å². The van der Waals surface area contributed by atoms with E-state index >= 15 is 0 Å². The van der Waals surface area contributed by atoms with Crippen molar-refractivity contribution in [3.63, 3.8) is 0 Å². The van der Waals surface area contributed by atoms with Gasteiger partial charge in [-0.15, -0.1) is 0 Å². The molecule has 2 N–H and O–H groups in total. The molecule has 1 amide bonds. The van der Waals surface area contributed by atoms with E-state index in [9.17, 15) is 15.2 Å². The fraction of sp³-hybridized carbons (Fsp3) is 0.111. The number of carbonyl (C=O) groups excluding carboxylic acids is 1. The monoisotopic (exact) mass is 326 g/mol. The van der Waals surface area contributed by atoms with Crippen LogP contribution < -0.4 is 5.32 Å². The van der Waals surface area contributed by atoms with E-state index in [-0.39, 0.29) is 11.3 Å². The van der Waals surface area contributed by atoms with Crippen molar-refractivity contribution in [2.24, 2.45) is 0 Å². The second-order valence-electron chi connectivity index (χ2n) is 4.88. The van der Waals surface area contributed by atoms with Gasteiger partial charge in [-0.3, -0.25) is 4.79 Å². The van der Waals surface area contributed by atoms with Crippen molar-refractivity contribution in [1.29, 1.82) is 5.26 Å². The van der Waals surface area contributed by atoms with Gasteiger partial charge in [-0.05, 0) is 48.4 Å². The highest BCUT2D eigenvalue weighted by molar-refractivity contribution is 6.30. The van der Waals surface area contributed by atoms with Crippen LogP contribution in [0, 0.1) is 11.3 Å². The Bertz CT molecular complexity index is 790. The number of anilines is 1. The van der Waals surface area contributed by atoms with Gasteiger partial charge >= 0.3 is 0 Å². The summed E-state index contributed by atoms with van der Waals surface area (Å²) in [4.78, 5) is 12.2. The van der Waals surface area contributed by atoms with Crippen molar-refractivity contribution in [3.8, 4) is 11.8 Å². The first-order valence-corrected chi connectivity index (χ1v) is 7.42. The number of hydrogen-bond acceptors (Lipinski definition) is 3. The van der Waals surface area contributed by atoms with Gasteiger partial charge in [0, 0.05) is 16.3 Å². The molecule has 0 aliphatic carbocycles. The van der Waals surface area contributed by atoms with Crippen molar-refractivity contribution in [3.05, 3.63) is 64.2 Å². The molecule has 0 saturated heterocycles. The zero-order valence-electron chi connectivity index (χ0n) is 12.5. The van der Waals surface area contributed by atoms with Gasteiger partial charge in [0.25, 0.3) is 5.91 Å². The average Bonchev–Trinajstić information content (AvgIpc) is 2.56. The minimum absolute atomic E-state index is 0.0535. The Labute approximate surface area is 139 Å². The van der Waals surface area contributed by atoms with Crippen LogP contribution in [0.25, 0.3) is 6.08 Å². The predicted octanol–water partition coefficient (Wildman–Crippen LogP) is 4.15. The van der Waals surface area contributed by atoms with Crippen LogP contribution in [-0.2, 0) is 11.2 Å². The maximum absolute atomic E-state index is 12.2. The average molecular weight is 327 g/mol. The second kappa shape index (κ2) is 7.48. The first-order valence-electron chi connectivity index (χ1n) is 7.04. The summed E-state index contributed by atoms with van der Waals surface area (Å²) < 4.78 is 0. The highest BCUT2D eigenvalue weighted by atomic mass is 35.5. The third-order valence-corrected chi connectivity index (χ3v) is 3.51. The lowest BCUT2D eigenvalue weighted by atomic mass is 10.1. The molecule has 4 nitrogen and oxygen atoms in total. The van der Waals surface area contributed by atoms with Crippen LogP contribution in [0.5, 0.6) is 5.75 Å². The van der Waals surface area contributed by atoms with Crippen molar-refractivity contribution in [1.82, 2.24) is 0 Å². The maximum atomic E-state index is 12.2. The molecule has 5 heteroatoms. The topological polar surface area (TPSA) is 73.1 Å². The molecule has 0 aliphatic rings. The van der Waals surface area contributed by atoms with E-state index in [2.05, 4.69) is 5.32 Å². The summed E-state index contributed by atoms with van der Waals surface area (Å²) in [6.07, 6.45) is 2.21. The number of phenols is 1. The SMILES string of the molecule is CCc1ccc(NC(=O)/C(C#N)=C/c2cc(Cl)ccc2O)cc1. The normalized spacial score (nSPS) is 10.9. The number of benzene rings is 2. The minimum atomic E-state index is -0.545. The quantitative estimate of drug-likeness (QED) is 0.654. The van der Waals surface area contributed by atoms with Crippen molar-refractivity contribution < 1.29 is 9.90 Å². The maximum Gasteiger partial charge on any atom is 0.266 e. The Morgan fingerprint density at radius 3 is 2.61 bits per heavy atom. The summed E-state index contributed by atoms with van der Waals surface area (Å²) in [5.74, 6) is -0.599. The third kappa shape index (κ3) is 4.35. The number of nitriles is 1. The van der Waals surface area contributed by atoms with Gasteiger partial charge in [0.1, 0.15) is 17.4 Å². The van der Waals surface area contributed by atoms with E-state index in [1.165, 1.54) is 24.3 Å². The molecule has 0 bridgehead atoms. The number of aryl methyl sites for hydroxylation is 1. The van der Waals surface area contributed by atoms with Crippen molar-refractivity contribution in [2.75, 3.05) is 5.32 Å². The number of hydrogen-bond donors (Lipinski definition) is 2. The molecule has 0 fully saturated rings. The first kappa shape index (κ1) is 16.6. The van der Waals surface area contributed by atoms with Crippen LogP contribution in [0.4, 0.5) is 5.69 Å². The summed E-state index contributed by atoms with van der Waals surface area (Å²) >= 11 is 5.86. The van der Waals surface area contributed by atoms with Gasteiger partial charge in [0.2, 0.25) is 0 Å². The number of amides is 1. The summed E-state index contributed by atoms with van der Waals surface area (Å²) in [5, 5.41) is 22.0. The number of nitrogens with zero attached hydrogens (tertiary/aromatic N) is 1. The lowest BCUT2D eigenvalue weighted by molar-refractivity contribution is -0.112. The van der Waals surface area contributed by atoms with Crippen molar-refractivity contribution in [2.45, 2.75) is 13.3 Å². The van der Waals surface area contributed by atoms with E-state index in [1.54, 1.807) is 12.1 Å². The zero-order valence-corrected chi connectivity index (χ0v) is 13.3. The van der Waals surface area contributed by atoms with Crippen LogP contribution >= 0.6 is 11.6 Å². The lowest BCUT2D eigenvalue weighted by Gasteiger charge is -2.06. The Morgan fingerprint density at radius 1 is 1.30 bits per heavy atom. The third-order valence-electron chi connectivity index (χ3n) is 3.27. The number of carbonyl (C=O) groups is 1. The van der Waals surface area contributed by atoms with E-state index < -0.39 is 5.91 Å². The molecule has 2 aromatic carbocycles. The van der Waals surface area contributed by atoms with Crippen LogP contribution in [0.3, 0.4) is 0 Å². The van der Waals surface area contributed by atoms with Crippen LogP contribution in [0.1, 0.15) is 18.1 Å². The summed E-state index contributed by atoms with van der Waals surface area (Å²) in [5.41, 5.74) is 1.94. The Kier molecular flexibility index (Phi) is 5.40. The molecule has 2 aromatic rings. The number of rotatable bonds is 4. The first-order chi connectivity index (χ1) is 11.0. The number of aromatic hydroxyl groups is 1. The van der Waals surface area contributed by atoms with E-state index in [0.717, 1.165) is 12.0 Å². The molecular weight excluding hydrogens is 312 g/mol. The molecule has 23 heavy (non-hydrogen) atoms. The Hall–Kier alpha value is -2.77. The van der Waals surface area contributed by atoms with Gasteiger partial charge < -0.3 is 10.4 Å². The van der Waals surface area contributed by atoms with Crippen LogP contribution in [-0.4, -0.2) is 11.0 Å². The van der Waals surface area contributed by atoms with Crippen LogP contribution in [0.15, 0.2) is 48.0 Å². The summed E-state index contributed by atoms with van der Waals surface area (Å²) in [6.45, 7) is 2.04. The van der Waals surface area contributed by atoms with Gasteiger partial charge in [-0.1, -0.05) is 30.7 Å². The summed E-state index contributed by atoms with van der Waals surface area (Å²) in [7, 11) is 0. The Balaban J connectivity index is 2.22. The molecule has 0 heterocycles. The number of nitrogens with one attached hydrogen (secondary N) is 1. The second-order valence-corrected chi connectivity index (χ2v) is 5.31.